The van der Waals surface area contributed by atoms with Gasteiger partial charge in [-0.05, 0) is 49.7 Å². The van der Waals surface area contributed by atoms with E-state index in [9.17, 15) is 9.90 Å². The number of nitrogens with zero attached hydrogens (tertiary/aromatic N) is 2. The van der Waals surface area contributed by atoms with E-state index < -0.39 is 5.97 Å². The predicted octanol–water partition coefficient (Wildman–Crippen LogP) is 6.42. The highest BCUT2D eigenvalue weighted by molar-refractivity contribution is 7.19. The van der Waals surface area contributed by atoms with Gasteiger partial charge in [-0.2, -0.15) is 0 Å². The quantitative estimate of drug-likeness (QED) is 0.448. The summed E-state index contributed by atoms with van der Waals surface area (Å²) in [6.45, 7) is 10.6. The number of carboxylic acids is 1. The lowest BCUT2D eigenvalue weighted by Gasteiger charge is -2.20. The number of aromatic carboxylic acids is 1. The summed E-state index contributed by atoms with van der Waals surface area (Å²) in [5.74, 6) is -0.936. The van der Waals surface area contributed by atoms with Crippen molar-refractivity contribution in [3.63, 3.8) is 0 Å². The van der Waals surface area contributed by atoms with Crippen molar-refractivity contribution in [1.29, 1.82) is 0 Å². The molecule has 6 heteroatoms. The Kier molecular flexibility index (Phi) is 6.93. The van der Waals surface area contributed by atoms with Gasteiger partial charge >= 0.3 is 5.97 Å². The molecular formula is C23H27ClN2O2S. The van der Waals surface area contributed by atoms with Crippen LogP contribution in [0.2, 0.25) is 5.02 Å². The van der Waals surface area contributed by atoms with Gasteiger partial charge in [-0.25, -0.2) is 9.78 Å². The van der Waals surface area contributed by atoms with Crippen LogP contribution in [0.25, 0.3) is 21.3 Å². The minimum atomic E-state index is -0.936. The van der Waals surface area contributed by atoms with Crippen LogP contribution in [-0.4, -0.2) is 34.0 Å². The Hall–Kier alpha value is -1.95. The molecule has 2 heterocycles. The van der Waals surface area contributed by atoms with E-state index in [4.69, 9.17) is 16.6 Å². The van der Waals surface area contributed by atoms with Gasteiger partial charge in [-0.15, -0.1) is 11.3 Å². The minimum Gasteiger partial charge on any atom is -0.478 e. The van der Waals surface area contributed by atoms with Crippen LogP contribution in [0.3, 0.4) is 0 Å². The average molecular weight is 431 g/mol. The van der Waals surface area contributed by atoms with Crippen LogP contribution in [-0.2, 0) is 13.0 Å². The van der Waals surface area contributed by atoms with Crippen molar-refractivity contribution in [2.75, 3.05) is 13.1 Å². The van der Waals surface area contributed by atoms with Gasteiger partial charge in [0.1, 0.15) is 4.83 Å². The number of thiophene rings is 1. The Labute approximate surface area is 181 Å². The van der Waals surface area contributed by atoms with E-state index in [0.29, 0.717) is 22.8 Å². The summed E-state index contributed by atoms with van der Waals surface area (Å²) >= 11 is 7.79. The molecule has 2 aromatic heterocycles. The molecule has 0 fully saturated rings. The zero-order valence-corrected chi connectivity index (χ0v) is 19.0. The third-order valence-corrected chi connectivity index (χ3v) is 6.84. The number of aromatic nitrogens is 1. The predicted molar refractivity (Wildman–Crippen MR) is 122 cm³/mol. The van der Waals surface area contributed by atoms with Crippen LogP contribution < -0.4 is 0 Å². The van der Waals surface area contributed by atoms with E-state index in [1.165, 1.54) is 4.88 Å². The fraction of sp³-hybridized carbons (Fsp3) is 0.391. The number of hydrogen-bond acceptors (Lipinski definition) is 4. The molecule has 0 saturated heterocycles. The molecule has 1 aromatic carbocycles. The summed E-state index contributed by atoms with van der Waals surface area (Å²) in [4.78, 5) is 21.7. The number of fused-ring (bicyclic) bond motifs is 1. The van der Waals surface area contributed by atoms with Crippen molar-refractivity contribution in [2.45, 2.75) is 47.1 Å². The van der Waals surface area contributed by atoms with E-state index in [1.807, 2.05) is 24.3 Å². The fourth-order valence-electron chi connectivity index (χ4n) is 3.74. The first-order valence-corrected chi connectivity index (χ1v) is 11.3. The summed E-state index contributed by atoms with van der Waals surface area (Å²) in [7, 11) is 0. The summed E-state index contributed by atoms with van der Waals surface area (Å²) in [5.41, 5.74) is 3.70. The largest absolute Gasteiger partial charge is 0.478 e. The number of halogens is 1. The first kappa shape index (κ1) is 21.8. The highest BCUT2D eigenvalue weighted by Gasteiger charge is 2.26. The second-order valence-corrected chi connectivity index (χ2v) is 8.68. The number of carbonyl (C=O) groups is 1. The van der Waals surface area contributed by atoms with Crippen LogP contribution in [0.1, 0.15) is 53.7 Å². The molecule has 1 N–H and O–H groups in total. The van der Waals surface area contributed by atoms with Gasteiger partial charge < -0.3 is 5.11 Å². The highest BCUT2D eigenvalue weighted by atomic mass is 35.5. The lowest BCUT2D eigenvalue weighted by atomic mass is 9.93. The van der Waals surface area contributed by atoms with E-state index in [0.717, 1.165) is 52.8 Å². The summed E-state index contributed by atoms with van der Waals surface area (Å²) in [5, 5.41) is 11.8. The van der Waals surface area contributed by atoms with Gasteiger partial charge in [0.25, 0.3) is 0 Å². The third kappa shape index (κ3) is 4.32. The number of pyridine rings is 1. The molecule has 4 nitrogen and oxygen atoms in total. The molecule has 0 saturated carbocycles. The molecule has 0 amide bonds. The van der Waals surface area contributed by atoms with Gasteiger partial charge in [0.15, 0.2) is 0 Å². The molecule has 0 aliphatic carbocycles. The van der Waals surface area contributed by atoms with E-state index in [-0.39, 0.29) is 0 Å². The number of aryl methyl sites for hydroxylation is 2. The number of rotatable bonds is 8. The first-order valence-electron chi connectivity index (χ1n) is 10.1. The van der Waals surface area contributed by atoms with Crippen molar-refractivity contribution >= 4 is 39.1 Å². The Bertz CT molecular complexity index is 1020. The molecular weight excluding hydrogens is 404 g/mol. The van der Waals surface area contributed by atoms with E-state index in [1.54, 1.807) is 11.3 Å². The Morgan fingerprint density at radius 3 is 2.38 bits per heavy atom. The van der Waals surface area contributed by atoms with Gasteiger partial charge in [0, 0.05) is 27.4 Å². The van der Waals surface area contributed by atoms with E-state index in [2.05, 4.69) is 32.6 Å². The maximum absolute atomic E-state index is 12.4. The standard InChI is InChI=1S/C23H27ClN2O2S/c1-5-8-18-14(4)19-20(15-9-11-16(24)12-10-15)21(23(27)28)17(25-22(19)29-18)13-26(6-2)7-3/h9-12H,5-8,13H2,1-4H3,(H,27,28). The molecule has 0 aliphatic rings. The van der Waals surface area contributed by atoms with Crippen molar-refractivity contribution in [2.24, 2.45) is 0 Å². The fourth-order valence-corrected chi connectivity index (χ4v) is 5.17. The Morgan fingerprint density at radius 1 is 1.17 bits per heavy atom. The second-order valence-electron chi connectivity index (χ2n) is 7.16. The van der Waals surface area contributed by atoms with Crippen LogP contribution in [0, 0.1) is 6.92 Å². The molecule has 3 rings (SSSR count). The van der Waals surface area contributed by atoms with Crippen LogP contribution >= 0.6 is 22.9 Å². The summed E-state index contributed by atoms with van der Waals surface area (Å²) in [6, 6.07) is 7.43. The van der Waals surface area contributed by atoms with Crippen LogP contribution in [0.15, 0.2) is 24.3 Å². The topological polar surface area (TPSA) is 53.4 Å². The van der Waals surface area contributed by atoms with Crippen molar-refractivity contribution in [3.8, 4) is 11.1 Å². The van der Waals surface area contributed by atoms with Gasteiger partial charge in [0.05, 0.1) is 11.3 Å². The zero-order valence-electron chi connectivity index (χ0n) is 17.4. The first-order chi connectivity index (χ1) is 13.9. The molecule has 0 aliphatic heterocycles. The smallest absolute Gasteiger partial charge is 0.338 e. The third-order valence-electron chi connectivity index (χ3n) is 5.34. The monoisotopic (exact) mass is 430 g/mol. The summed E-state index contributed by atoms with van der Waals surface area (Å²) in [6.07, 6.45) is 2.02. The van der Waals surface area contributed by atoms with Crippen molar-refractivity contribution in [3.05, 3.63) is 51.0 Å². The lowest BCUT2D eigenvalue weighted by Crippen LogP contribution is -2.24. The zero-order chi connectivity index (χ0) is 21.1. The number of carboxylic acid groups (broad SMARTS) is 1. The van der Waals surface area contributed by atoms with E-state index >= 15 is 0 Å². The maximum Gasteiger partial charge on any atom is 0.338 e. The lowest BCUT2D eigenvalue weighted by molar-refractivity contribution is 0.0695. The number of benzene rings is 1. The van der Waals surface area contributed by atoms with Gasteiger partial charge in [-0.3, -0.25) is 4.90 Å². The van der Waals surface area contributed by atoms with Crippen molar-refractivity contribution < 1.29 is 9.90 Å². The molecule has 0 unspecified atom stereocenters. The maximum atomic E-state index is 12.4. The van der Waals surface area contributed by atoms with Crippen LogP contribution in [0.4, 0.5) is 0 Å². The molecule has 0 spiro atoms. The molecule has 0 radical (unpaired) electrons. The Balaban J connectivity index is 2.38. The average Bonchev–Trinajstić information content (AvgIpc) is 3.01. The van der Waals surface area contributed by atoms with Gasteiger partial charge in [-0.1, -0.05) is 50.9 Å². The SMILES string of the molecule is CCCc1sc2nc(CN(CC)CC)c(C(=O)O)c(-c3ccc(Cl)cc3)c2c1C. The molecule has 29 heavy (non-hydrogen) atoms. The number of hydrogen-bond donors (Lipinski definition) is 1. The second kappa shape index (κ2) is 9.24. The normalized spacial score (nSPS) is 11.5. The molecule has 0 bridgehead atoms. The molecule has 3 aromatic rings. The van der Waals surface area contributed by atoms with Crippen molar-refractivity contribution in [1.82, 2.24) is 9.88 Å². The minimum absolute atomic E-state index is 0.302. The molecule has 0 atom stereocenters. The summed E-state index contributed by atoms with van der Waals surface area (Å²) < 4.78 is 0. The van der Waals surface area contributed by atoms with Crippen LogP contribution in [0.5, 0.6) is 0 Å². The highest BCUT2D eigenvalue weighted by Crippen LogP contribution is 2.41. The Morgan fingerprint density at radius 2 is 1.83 bits per heavy atom. The molecule has 154 valence electrons. The van der Waals surface area contributed by atoms with Gasteiger partial charge in [0.2, 0.25) is 0 Å².